The number of nitrogens with zero attached hydrogens (tertiary/aromatic N) is 1. The Hall–Kier alpha value is -1.79. The van der Waals surface area contributed by atoms with Gasteiger partial charge in [-0.25, -0.2) is 4.98 Å². The second-order valence-electron chi connectivity index (χ2n) is 4.55. The number of rotatable bonds is 6. The maximum Gasteiger partial charge on any atom is 0.164 e. The molecule has 1 atom stereocenters. The number of benzene rings is 1. The van der Waals surface area contributed by atoms with Gasteiger partial charge in [-0.2, -0.15) is 0 Å². The number of ether oxygens (including phenoxy) is 3. The molecule has 114 valence electrons. The van der Waals surface area contributed by atoms with Gasteiger partial charge in [0.1, 0.15) is 5.75 Å². The van der Waals surface area contributed by atoms with E-state index in [1.807, 2.05) is 12.3 Å². The van der Waals surface area contributed by atoms with Gasteiger partial charge in [-0.3, -0.25) is 0 Å². The van der Waals surface area contributed by atoms with Gasteiger partial charge in [-0.15, -0.1) is 11.3 Å². The quantitative estimate of drug-likeness (QED) is 0.889. The first-order chi connectivity index (χ1) is 10.1. The first-order valence-corrected chi connectivity index (χ1v) is 7.36. The predicted molar refractivity (Wildman–Crippen MR) is 81.6 cm³/mol. The first-order valence-electron chi connectivity index (χ1n) is 6.48. The van der Waals surface area contributed by atoms with Crippen molar-refractivity contribution in [2.45, 2.75) is 19.4 Å². The van der Waals surface area contributed by atoms with Crippen LogP contribution in [0.15, 0.2) is 17.5 Å². The van der Waals surface area contributed by atoms with Gasteiger partial charge in [0, 0.05) is 29.1 Å². The van der Waals surface area contributed by atoms with Crippen LogP contribution < -0.4 is 14.2 Å². The van der Waals surface area contributed by atoms with Gasteiger partial charge < -0.3 is 19.3 Å². The molecule has 1 aromatic heterocycles. The smallest absolute Gasteiger partial charge is 0.164 e. The maximum atomic E-state index is 10.5. The van der Waals surface area contributed by atoms with E-state index >= 15 is 0 Å². The summed E-state index contributed by atoms with van der Waals surface area (Å²) in [6, 6.07) is 3.45. The second kappa shape index (κ2) is 6.78. The predicted octanol–water partition coefficient (Wildman–Crippen LogP) is 2.75. The lowest BCUT2D eigenvalue weighted by atomic mass is 10.0. The summed E-state index contributed by atoms with van der Waals surface area (Å²) in [4.78, 5) is 4.37. The van der Waals surface area contributed by atoms with E-state index < -0.39 is 6.10 Å². The van der Waals surface area contributed by atoms with Crippen molar-refractivity contribution in [2.75, 3.05) is 21.3 Å². The minimum Gasteiger partial charge on any atom is -0.496 e. The zero-order chi connectivity index (χ0) is 15.4. The maximum absolute atomic E-state index is 10.5. The van der Waals surface area contributed by atoms with Crippen LogP contribution in [0.25, 0.3) is 0 Å². The molecule has 2 rings (SSSR count). The van der Waals surface area contributed by atoms with Crippen molar-refractivity contribution in [2.24, 2.45) is 0 Å². The third-order valence-corrected chi connectivity index (χ3v) is 4.12. The minimum absolute atomic E-state index is 0.435. The lowest BCUT2D eigenvalue weighted by Crippen LogP contribution is -2.05. The number of hydrogen-bond acceptors (Lipinski definition) is 6. The summed E-state index contributed by atoms with van der Waals surface area (Å²) in [5.74, 6) is 1.69. The highest BCUT2D eigenvalue weighted by atomic mass is 32.1. The van der Waals surface area contributed by atoms with Crippen LogP contribution in [0.3, 0.4) is 0 Å². The molecular formula is C15H19NO4S. The number of hydrogen-bond donors (Lipinski definition) is 1. The fourth-order valence-corrected chi connectivity index (χ4v) is 2.90. The highest BCUT2D eigenvalue weighted by Crippen LogP contribution is 2.38. The summed E-state index contributed by atoms with van der Waals surface area (Å²) < 4.78 is 15.9. The van der Waals surface area contributed by atoms with E-state index in [1.54, 1.807) is 33.5 Å². The van der Waals surface area contributed by atoms with E-state index in [9.17, 15) is 5.11 Å². The van der Waals surface area contributed by atoms with Crippen LogP contribution in [0, 0.1) is 6.92 Å². The van der Waals surface area contributed by atoms with Crippen molar-refractivity contribution in [3.63, 3.8) is 0 Å². The first kappa shape index (κ1) is 15.6. The van der Waals surface area contributed by atoms with Crippen molar-refractivity contribution in [1.82, 2.24) is 4.98 Å². The number of thiazole rings is 1. The number of aliphatic hydroxyl groups excluding tert-OH is 1. The Labute approximate surface area is 128 Å². The van der Waals surface area contributed by atoms with E-state index in [2.05, 4.69) is 4.98 Å². The molecule has 2 aromatic rings. The Morgan fingerprint density at radius 2 is 1.71 bits per heavy atom. The Morgan fingerprint density at radius 1 is 1.10 bits per heavy atom. The van der Waals surface area contributed by atoms with Crippen molar-refractivity contribution < 1.29 is 19.3 Å². The second-order valence-corrected chi connectivity index (χ2v) is 5.49. The van der Waals surface area contributed by atoms with Gasteiger partial charge >= 0.3 is 0 Å². The average Bonchev–Trinajstić information content (AvgIpc) is 2.90. The Balaban J connectivity index is 2.32. The highest BCUT2D eigenvalue weighted by Gasteiger charge is 2.19. The van der Waals surface area contributed by atoms with Crippen LogP contribution in [-0.2, 0) is 6.42 Å². The van der Waals surface area contributed by atoms with Gasteiger partial charge in [0.25, 0.3) is 0 Å². The number of aryl methyl sites for hydroxylation is 1. The summed E-state index contributed by atoms with van der Waals surface area (Å²) >= 11 is 1.54. The van der Waals surface area contributed by atoms with Crippen LogP contribution in [0.4, 0.5) is 0 Å². The molecule has 0 amide bonds. The molecule has 0 spiro atoms. The molecule has 0 aliphatic carbocycles. The third kappa shape index (κ3) is 3.46. The lowest BCUT2D eigenvalue weighted by molar-refractivity contribution is 0.173. The molecule has 0 fully saturated rings. The topological polar surface area (TPSA) is 60.8 Å². The third-order valence-electron chi connectivity index (χ3n) is 3.13. The lowest BCUT2D eigenvalue weighted by Gasteiger charge is -2.17. The van der Waals surface area contributed by atoms with Crippen LogP contribution in [0.2, 0.25) is 0 Å². The molecule has 0 bridgehead atoms. The van der Waals surface area contributed by atoms with Crippen LogP contribution in [0.5, 0.6) is 17.2 Å². The van der Waals surface area contributed by atoms with E-state index in [0.717, 1.165) is 10.7 Å². The summed E-state index contributed by atoms with van der Waals surface area (Å²) in [6.45, 7) is 1.93. The average molecular weight is 309 g/mol. The normalized spacial score (nSPS) is 12.0. The summed E-state index contributed by atoms with van der Waals surface area (Å²) in [6.07, 6.45) is -0.282. The highest BCUT2D eigenvalue weighted by molar-refractivity contribution is 7.09. The molecule has 21 heavy (non-hydrogen) atoms. The van der Waals surface area contributed by atoms with E-state index in [-0.39, 0.29) is 0 Å². The molecule has 0 aliphatic rings. The van der Waals surface area contributed by atoms with E-state index in [4.69, 9.17) is 14.2 Å². The molecule has 1 N–H and O–H groups in total. The monoisotopic (exact) mass is 309 g/mol. The van der Waals surface area contributed by atoms with Crippen molar-refractivity contribution >= 4 is 11.3 Å². The van der Waals surface area contributed by atoms with Gasteiger partial charge in [0.2, 0.25) is 0 Å². The Kier molecular flexibility index (Phi) is 5.03. The Morgan fingerprint density at radius 3 is 2.24 bits per heavy atom. The fraction of sp³-hybridized carbons (Fsp3) is 0.400. The van der Waals surface area contributed by atoms with E-state index in [1.165, 1.54) is 11.3 Å². The molecule has 6 heteroatoms. The van der Waals surface area contributed by atoms with Gasteiger partial charge in [-0.1, -0.05) is 0 Å². The van der Waals surface area contributed by atoms with Crippen LogP contribution >= 0.6 is 11.3 Å². The van der Waals surface area contributed by atoms with Crippen molar-refractivity contribution in [3.8, 4) is 17.2 Å². The van der Waals surface area contributed by atoms with Gasteiger partial charge in [-0.05, 0) is 13.0 Å². The molecule has 0 saturated heterocycles. The number of aromatic nitrogens is 1. The molecule has 1 heterocycles. The molecular weight excluding hydrogens is 290 g/mol. The summed E-state index contributed by atoms with van der Waals surface area (Å²) in [5.41, 5.74) is 1.62. The summed E-state index contributed by atoms with van der Waals surface area (Å²) in [5, 5.41) is 13.3. The Bertz CT molecular complexity index is 612. The SMILES string of the molecule is COc1cc(OC)c(C(O)Cc2nc(C)cs2)cc1OC. The van der Waals surface area contributed by atoms with Crippen LogP contribution in [-0.4, -0.2) is 31.4 Å². The summed E-state index contributed by atoms with van der Waals surface area (Å²) in [7, 11) is 4.68. The van der Waals surface area contributed by atoms with E-state index in [0.29, 0.717) is 29.2 Å². The number of aliphatic hydroxyl groups is 1. The van der Waals surface area contributed by atoms with Crippen molar-refractivity contribution in [3.05, 3.63) is 33.8 Å². The molecule has 1 aromatic carbocycles. The standard InChI is InChI=1S/C15H19NO4S/c1-9-8-21-15(16-9)6-11(17)10-5-13(19-3)14(20-4)7-12(10)18-2/h5,7-8,11,17H,6H2,1-4H3. The van der Waals surface area contributed by atoms with Gasteiger partial charge in [0.15, 0.2) is 11.5 Å². The van der Waals surface area contributed by atoms with Crippen LogP contribution in [0.1, 0.15) is 22.4 Å². The van der Waals surface area contributed by atoms with Gasteiger partial charge in [0.05, 0.1) is 32.4 Å². The zero-order valence-electron chi connectivity index (χ0n) is 12.5. The molecule has 1 unspecified atom stereocenters. The largest absolute Gasteiger partial charge is 0.496 e. The minimum atomic E-state index is -0.717. The van der Waals surface area contributed by atoms with Crippen molar-refractivity contribution in [1.29, 1.82) is 0 Å². The number of methoxy groups -OCH3 is 3. The fourth-order valence-electron chi connectivity index (χ4n) is 2.09. The molecule has 5 nitrogen and oxygen atoms in total. The molecule has 0 radical (unpaired) electrons. The molecule has 0 aliphatic heterocycles. The zero-order valence-corrected chi connectivity index (χ0v) is 13.4. The molecule has 0 saturated carbocycles.